The Morgan fingerprint density at radius 1 is 0.406 bits per heavy atom. The van der Waals surface area contributed by atoms with Crippen LogP contribution in [0.3, 0.4) is 0 Å². The predicted molar refractivity (Wildman–Crippen MR) is 291 cm³/mol. The standard InChI is InChI=1S/C44H84N2O8S2Si8/c1-57(2,3)49-63(50-58(4,5)6,51-59(7,8)9)35-25-21-19-23-31-45-41(37-29-27-33-55-37)39-40(43(45)47)42(38-30-28-34-56-38)46(44(39)48)32-24-20-22-26-36-64(52-60(10,11)12,53-61(13,14)15)54-62(16,17)18/h27-30,33-34H,19-26,31-32,35-36H2,1-18H3. The Kier molecular flexibility index (Phi) is 19.2. The highest BCUT2D eigenvalue weighted by molar-refractivity contribution is 7.11. The molecule has 0 N–H and O–H groups in total. The van der Waals surface area contributed by atoms with E-state index in [1.165, 1.54) is 0 Å². The van der Waals surface area contributed by atoms with Crippen LogP contribution in [0.5, 0.6) is 0 Å². The molecule has 0 unspecified atom stereocenters. The van der Waals surface area contributed by atoms with Gasteiger partial charge in [-0.1, -0.05) is 37.8 Å². The molecule has 0 bridgehead atoms. The average molecular weight is 1060 g/mol. The fourth-order valence-corrected chi connectivity index (χ4v) is 39.3. The van der Waals surface area contributed by atoms with E-state index in [2.05, 4.69) is 118 Å². The SMILES string of the molecule is C[Si](C)(C)O[Si](CCCCCCN1C(=O)C2=C(c3cccs3)N(CCCCCC[Si](O[Si](C)(C)C)(O[Si](C)(C)C)O[Si](C)(C)C)C(=O)C2=C1c1cccs1)(O[Si](C)(C)C)O[Si](C)(C)C. The topological polar surface area (TPSA) is 96.0 Å². The summed E-state index contributed by atoms with van der Waals surface area (Å²) < 4.78 is 41.6. The molecule has 4 rings (SSSR count). The lowest BCUT2D eigenvalue weighted by atomic mass is 10.1. The number of hydrogen-bond donors (Lipinski definition) is 0. The zero-order valence-electron chi connectivity index (χ0n) is 42.9. The van der Waals surface area contributed by atoms with E-state index in [0.29, 0.717) is 24.2 Å². The van der Waals surface area contributed by atoms with E-state index in [0.717, 1.165) is 84.6 Å². The smallest absolute Gasteiger partial charge is 0.417 e. The van der Waals surface area contributed by atoms with Gasteiger partial charge in [-0.2, -0.15) is 0 Å². The zero-order valence-corrected chi connectivity index (χ0v) is 52.6. The molecule has 0 saturated heterocycles. The van der Waals surface area contributed by atoms with Gasteiger partial charge in [0.1, 0.15) is 0 Å². The highest BCUT2D eigenvalue weighted by Crippen LogP contribution is 2.48. The van der Waals surface area contributed by atoms with Crippen molar-refractivity contribution in [1.29, 1.82) is 0 Å². The summed E-state index contributed by atoms with van der Waals surface area (Å²) in [6.07, 6.45) is 7.45. The highest BCUT2D eigenvalue weighted by Gasteiger charge is 2.52. The summed E-state index contributed by atoms with van der Waals surface area (Å²) in [6.45, 7) is 41.3. The van der Waals surface area contributed by atoms with Crippen LogP contribution >= 0.6 is 22.7 Å². The maximum atomic E-state index is 14.7. The number of thiophene rings is 2. The van der Waals surface area contributed by atoms with Gasteiger partial charge in [-0.05, 0) is 166 Å². The van der Waals surface area contributed by atoms with Crippen molar-refractivity contribution in [1.82, 2.24) is 9.80 Å². The van der Waals surface area contributed by atoms with Crippen molar-refractivity contribution in [2.75, 3.05) is 13.1 Å². The van der Waals surface area contributed by atoms with Crippen molar-refractivity contribution in [3.8, 4) is 0 Å². The van der Waals surface area contributed by atoms with Crippen LogP contribution in [0.1, 0.15) is 61.1 Å². The Bertz CT molecular complexity index is 1700. The first-order chi connectivity index (χ1) is 29.2. The molecule has 4 heterocycles. The first kappa shape index (κ1) is 55.9. The Labute approximate surface area is 405 Å². The molecule has 0 aromatic carbocycles. The van der Waals surface area contributed by atoms with Crippen LogP contribution < -0.4 is 0 Å². The molecule has 2 aliphatic heterocycles. The quantitative estimate of drug-likeness (QED) is 0.0614. The lowest BCUT2D eigenvalue weighted by molar-refractivity contribution is -0.124. The van der Waals surface area contributed by atoms with Crippen molar-refractivity contribution in [3.05, 3.63) is 55.9 Å². The van der Waals surface area contributed by atoms with Gasteiger partial charge in [0.05, 0.1) is 32.3 Å². The van der Waals surface area contributed by atoms with Crippen molar-refractivity contribution in [2.45, 2.75) is 181 Å². The number of unbranched alkanes of at least 4 members (excludes halogenated alkanes) is 6. The second-order valence-corrected chi connectivity index (χ2v) is 59.2. The molecule has 2 aliphatic rings. The van der Waals surface area contributed by atoms with Crippen LogP contribution in [0.15, 0.2) is 46.2 Å². The van der Waals surface area contributed by atoms with Crippen LogP contribution in [0.25, 0.3) is 11.4 Å². The molecule has 0 radical (unpaired) electrons. The minimum Gasteiger partial charge on any atom is -0.417 e. The second kappa shape index (κ2) is 21.9. The van der Waals surface area contributed by atoms with Crippen LogP contribution in [-0.4, -0.2) is 102 Å². The molecule has 10 nitrogen and oxygen atoms in total. The molecule has 2 aromatic heterocycles. The number of carbonyl (C=O) groups excluding carboxylic acids is 2. The number of carbonyl (C=O) groups is 2. The van der Waals surface area contributed by atoms with Crippen LogP contribution in [0, 0.1) is 0 Å². The molecular weight excluding hydrogens is 973 g/mol. The van der Waals surface area contributed by atoms with E-state index >= 15 is 0 Å². The number of amides is 2. The summed E-state index contributed by atoms with van der Waals surface area (Å²) >= 11 is 3.18. The molecule has 0 aliphatic carbocycles. The van der Waals surface area contributed by atoms with E-state index in [1.54, 1.807) is 22.7 Å². The lowest BCUT2D eigenvalue weighted by Gasteiger charge is -2.43. The number of hydrogen-bond acceptors (Lipinski definition) is 10. The maximum Gasteiger partial charge on any atom is 0.469 e. The number of nitrogens with zero attached hydrogens (tertiary/aromatic N) is 2. The Morgan fingerprint density at radius 2 is 0.672 bits per heavy atom. The average Bonchev–Trinajstić information content (AvgIpc) is 3.87. The van der Waals surface area contributed by atoms with Gasteiger partial charge in [-0.3, -0.25) is 9.59 Å². The first-order valence-electron chi connectivity index (χ1n) is 23.6. The third-order valence-electron chi connectivity index (χ3n) is 9.69. The zero-order chi connectivity index (χ0) is 48.2. The van der Waals surface area contributed by atoms with Gasteiger partial charge in [0.15, 0.2) is 49.9 Å². The summed E-state index contributed by atoms with van der Waals surface area (Å²) in [6, 6.07) is 9.74. The van der Waals surface area contributed by atoms with Crippen molar-refractivity contribution in [3.63, 3.8) is 0 Å². The van der Waals surface area contributed by atoms with Gasteiger partial charge in [0.2, 0.25) is 0 Å². The molecule has 0 fully saturated rings. The van der Waals surface area contributed by atoms with E-state index in [-0.39, 0.29) is 11.8 Å². The molecule has 0 spiro atoms. The second-order valence-electron chi connectivity index (χ2n) is 23.3. The molecule has 2 amide bonds. The summed E-state index contributed by atoms with van der Waals surface area (Å²) in [5, 5.41) is 4.06. The van der Waals surface area contributed by atoms with Gasteiger partial charge in [0, 0.05) is 25.2 Å². The van der Waals surface area contributed by atoms with Crippen molar-refractivity contribution < 1.29 is 34.3 Å². The van der Waals surface area contributed by atoms with Crippen LogP contribution in [-0.2, 0) is 34.3 Å². The maximum absolute atomic E-state index is 14.7. The first-order valence-corrected chi connectivity index (χ1v) is 49.7. The minimum absolute atomic E-state index is 0.0619. The molecular formula is C44H84N2O8S2Si8. The summed E-state index contributed by atoms with van der Waals surface area (Å²) in [5.41, 5.74) is 2.67. The summed E-state index contributed by atoms with van der Waals surface area (Å²) in [7, 11) is -17.5. The minimum atomic E-state index is -2.90. The lowest BCUT2D eigenvalue weighted by Crippen LogP contribution is -2.60. The Balaban J connectivity index is 1.49. The molecule has 20 heteroatoms. The van der Waals surface area contributed by atoms with Crippen LogP contribution in [0.4, 0.5) is 0 Å². The molecule has 2 aromatic rings. The fourth-order valence-electron chi connectivity index (χ4n) is 8.32. The highest BCUT2D eigenvalue weighted by atomic mass is 32.1. The van der Waals surface area contributed by atoms with Crippen molar-refractivity contribution in [2.24, 2.45) is 0 Å². The summed E-state index contributed by atoms with van der Waals surface area (Å²) in [5.74, 6) is -0.124. The van der Waals surface area contributed by atoms with Gasteiger partial charge in [-0.15, -0.1) is 22.7 Å². The van der Waals surface area contributed by atoms with E-state index in [1.807, 2.05) is 44.8 Å². The normalized spacial score (nSPS) is 16.3. The molecule has 0 saturated carbocycles. The molecule has 0 atom stereocenters. The Morgan fingerprint density at radius 3 is 0.906 bits per heavy atom. The fraction of sp³-hybridized carbons (Fsp3) is 0.682. The van der Waals surface area contributed by atoms with Crippen molar-refractivity contribution >= 4 is 113 Å². The third-order valence-corrected chi connectivity index (χ3v) is 35.5. The van der Waals surface area contributed by atoms with E-state index in [9.17, 15) is 9.59 Å². The number of fused-ring (bicyclic) bond motifs is 1. The Hall–Kier alpha value is -0.685. The molecule has 362 valence electrons. The van der Waals surface area contributed by atoms with Crippen LogP contribution in [0.2, 0.25) is 130 Å². The van der Waals surface area contributed by atoms with E-state index < -0.39 is 67.5 Å². The third kappa shape index (κ3) is 17.4. The largest absolute Gasteiger partial charge is 0.469 e. The molecule has 64 heavy (non-hydrogen) atoms. The van der Waals surface area contributed by atoms with Gasteiger partial charge in [0.25, 0.3) is 11.8 Å². The van der Waals surface area contributed by atoms with Gasteiger partial charge >= 0.3 is 17.6 Å². The monoisotopic (exact) mass is 1060 g/mol. The number of rotatable bonds is 28. The van der Waals surface area contributed by atoms with E-state index in [4.69, 9.17) is 24.7 Å². The van der Waals surface area contributed by atoms with Gasteiger partial charge in [-0.25, -0.2) is 0 Å². The summed E-state index contributed by atoms with van der Waals surface area (Å²) in [4.78, 5) is 35.2. The predicted octanol–water partition coefficient (Wildman–Crippen LogP) is 13.7. The van der Waals surface area contributed by atoms with Gasteiger partial charge < -0.3 is 34.5 Å².